The predicted octanol–water partition coefficient (Wildman–Crippen LogP) is 2.03. The number of benzene rings is 1. The van der Waals surface area contributed by atoms with E-state index in [1.54, 1.807) is 0 Å². The Morgan fingerprint density at radius 3 is 2.93 bits per heavy atom. The van der Waals surface area contributed by atoms with Crippen LogP contribution in [0.25, 0.3) is 0 Å². The fraction of sp³-hybridized carbons (Fsp3) is 0.538. The number of aliphatic hydroxyl groups excluding tert-OH is 1. The van der Waals surface area contributed by atoms with Crippen LogP contribution >= 0.6 is 0 Å². The molecule has 1 saturated heterocycles. The van der Waals surface area contributed by atoms with Crippen LogP contribution in [0.1, 0.15) is 36.9 Å². The molecule has 15 heavy (non-hydrogen) atoms. The van der Waals surface area contributed by atoms with Gasteiger partial charge in [-0.3, -0.25) is 0 Å². The third-order valence-electron chi connectivity index (χ3n) is 3.01. The Kier molecular flexibility index (Phi) is 3.39. The zero-order chi connectivity index (χ0) is 10.7. The summed E-state index contributed by atoms with van der Waals surface area (Å²) in [5.74, 6) is 0. The Balaban J connectivity index is 2.20. The second kappa shape index (κ2) is 4.77. The lowest BCUT2D eigenvalue weighted by molar-refractivity contribution is 0.195. The highest BCUT2D eigenvalue weighted by molar-refractivity contribution is 5.31. The van der Waals surface area contributed by atoms with E-state index < -0.39 is 0 Å². The summed E-state index contributed by atoms with van der Waals surface area (Å²) in [4.78, 5) is 0. The summed E-state index contributed by atoms with van der Waals surface area (Å²) in [6.07, 6.45) is 2.98. The lowest BCUT2D eigenvalue weighted by atomic mass is 9.96. The minimum Gasteiger partial charge on any atom is -0.393 e. The molecule has 2 atom stereocenters. The number of nitrogens with one attached hydrogen (secondary N) is 1. The SMILES string of the molecule is CC(O)Cc1ccccc1C1CCCN1. The van der Waals surface area contributed by atoms with Crippen LogP contribution in [0.5, 0.6) is 0 Å². The first kappa shape index (κ1) is 10.7. The Hall–Kier alpha value is -0.860. The van der Waals surface area contributed by atoms with Crippen molar-refractivity contribution in [2.75, 3.05) is 6.54 Å². The van der Waals surface area contributed by atoms with E-state index in [1.807, 2.05) is 6.92 Å². The van der Waals surface area contributed by atoms with E-state index in [2.05, 4.69) is 29.6 Å². The van der Waals surface area contributed by atoms with Gasteiger partial charge in [-0.1, -0.05) is 24.3 Å². The molecule has 2 rings (SSSR count). The highest BCUT2D eigenvalue weighted by Crippen LogP contribution is 2.26. The van der Waals surface area contributed by atoms with Gasteiger partial charge in [0.25, 0.3) is 0 Å². The Labute approximate surface area is 91.3 Å². The first-order valence-corrected chi connectivity index (χ1v) is 5.76. The maximum atomic E-state index is 9.45. The summed E-state index contributed by atoms with van der Waals surface area (Å²) in [5, 5.41) is 13.0. The summed E-state index contributed by atoms with van der Waals surface area (Å²) >= 11 is 0. The van der Waals surface area contributed by atoms with Gasteiger partial charge in [-0.15, -0.1) is 0 Å². The molecule has 2 N–H and O–H groups in total. The quantitative estimate of drug-likeness (QED) is 0.791. The van der Waals surface area contributed by atoms with Gasteiger partial charge >= 0.3 is 0 Å². The van der Waals surface area contributed by atoms with E-state index in [0.29, 0.717) is 6.04 Å². The van der Waals surface area contributed by atoms with E-state index in [-0.39, 0.29) is 6.10 Å². The second-order valence-corrected chi connectivity index (χ2v) is 4.40. The zero-order valence-electron chi connectivity index (χ0n) is 9.24. The van der Waals surface area contributed by atoms with E-state index in [4.69, 9.17) is 0 Å². The van der Waals surface area contributed by atoms with Crippen LogP contribution in [0.15, 0.2) is 24.3 Å². The van der Waals surface area contributed by atoms with Crippen molar-refractivity contribution in [3.63, 3.8) is 0 Å². The van der Waals surface area contributed by atoms with Gasteiger partial charge in [0.05, 0.1) is 6.10 Å². The smallest absolute Gasteiger partial charge is 0.0552 e. The highest BCUT2D eigenvalue weighted by Gasteiger charge is 2.18. The molecule has 1 aromatic carbocycles. The van der Waals surface area contributed by atoms with E-state index in [1.165, 1.54) is 24.0 Å². The van der Waals surface area contributed by atoms with Gasteiger partial charge in [-0.05, 0) is 43.9 Å². The van der Waals surface area contributed by atoms with Crippen molar-refractivity contribution in [1.29, 1.82) is 0 Å². The monoisotopic (exact) mass is 205 g/mol. The van der Waals surface area contributed by atoms with E-state index in [9.17, 15) is 5.11 Å². The standard InChI is InChI=1S/C13H19NO/c1-10(15)9-11-5-2-3-6-12(11)13-7-4-8-14-13/h2-3,5-6,10,13-15H,4,7-9H2,1H3. The normalized spacial score (nSPS) is 22.9. The molecule has 1 aliphatic rings. The minimum atomic E-state index is -0.257. The minimum absolute atomic E-state index is 0.257. The van der Waals surface area contributed by atoms with Crippen LogP contribution in [0.4, 0.5) is 0 Å². The molecule has 2 unspecified atom stereocenters. The molecular formula is C13H19NO. The van der Waals surface area contributed by atoms with Crippen LogP contribution in [-0.2, 0) is 6.42 Å². The molecular weight excluding hydrogens is 186 g/mol. The molecule has 1 aromatic rings. The van der Waals surface area contributed by atoms with Crippen LogP contribution in [0.2, 0.25) is 0 Å². The fourth-order valence-electron chi connectivity index (χ4n) is 2.33. The van der Waals surface area contributed by atoms with Gasteiger partial charge in [0.1, 0.15) is 0 Å². The van der Waals surface area contributed by atoms with Crippen LogP contribution < -0.4 is 5.32 Å². The molecule has 0 saturated carbocycles. The molecule has 2 heteroatoms. The van der Waals surface area contributed by atoms with Crippen molar-refractivity contribution in [1.82, 2.24) is 5.32 Å². The maximum Gasteiger partial charge on any atom is 0.0552 e. The third kappa shape index (κ3) is 2.58. The summed E-state index contributed by atoms with van der Waals surface area (Å²) in [5.41, 5.74) is 2.66. The topological polar surface area (TPSA) is 32.3 Å². The summed E-state index contributed by atoms with van der Waals surface area (Å²) in [6.45, 7) is 2.96. The summed E-state index contributed by atoms with van der Waals surface area (Å²) in [7, 11) is 0. The Morgan fingerprint density at radius 1 is 1.47 bits per heavy atom. The molecule has 1 aliphatic heterocycles. The van der Waals surface area contributed by atoms with Crippen LogP contribution in [0, 0.1) is 0 Å². The Bertz CT molecular complexity index is 316. The summed E-state index contributed by atoms with van der Waals surface area (Å²) in [6, 6.07) is 8.94. The second-order valence-electron chi connectivity index (χ2n) is 4.40. The van der Waals surface area contributed by atoms with Gasteiger partial charge in [-0.25, -0.2) is 0 Å². The summed E-state index contributed by atoms with van der Waals surface area (Å²) < 4.78 is 0. The maximum absolute atomic E-state index is 9.45. The molecule has 0 aliphatic carbocycles. The highest BCUT2D eigenvalue weighted by atomic mass is 16.3. The van der Waals surface area contributed by atoms with Gasteiger partial charge < -0.3 is 10.4 Å². The van der Waals surface area contributed by atoms with Gasteiger partial charge in [0.15, 0.2) is 0 Å². The molecule has 1 fully saturated rings. The van der Waals surface area contributed by atoms with Crippen molar-refractivity contribution in [3.8, 4) is 0 Å². The molecule has 0 aromatic heterocycles. The van der Waals surface area contributed by atoms with E-state index >= 15 is 0 Å². The molecule has 0 bridgehead atoms. The van der Waals surface area contributed by atoms with Crippen LogP contribution in [-0.4, -0.2) is 17.8 Å². The molecule has 0 amide bonds. The predicted molar refractivity (Wildman–Crippen MR) is 61.8 cm³/mol. The number of hydrogen-bond donors (Lipinski definition) is 2. The van der Waals surface area contributed by atoms with Gasteiger partial charge in [0, 0.05) is 6.04 Å². The lowest BCUT2D eigenvalue weighted by Crippen LogP contribution is -2.16. The van der Waals surface area contributed by atoms with E-state index in [0.717, 1.165) is 13.0 Å². The van der Waals surface area contributed by atoms with Crippen LogP contribution in [0.3, 0.4) is 0 Å². The van der Waals surface area contributed by atoms with Crippen molar-refractivity contribution >= 4 is 0 Å². The largest absolute Gasteiger partial charge is 0.393 e. The first-order chi connectivity index (χ1) is 7.27. The Morgan fingerprint density at radius 2 is 2.27 bits per heavy atom. The molecule has 2 nitrogen and oxygen atoms in total. The van der Waals surface area contributed by atoms with Crippen molar-refractivity contribution < 1.29 is 5.11 Å². The van der Waals surface area contributed by atoms with Gasteiger partial charge in [-0.2, -0.15) is 0 Å². The molecule has 1 heterocycles. The first-order valence-electron chi connectivity index (χ1n) is 5.76. The zero-order valence-corrected chi connectivity index (χ0v) is 9.24. The van der Waals surface area contributed by atoms with Crippen molar-refractivity contribution in [3.05, 3.63) is 35.4 Å². The molecule has 0 radical (unpaired) electrons. The van der Waals surface area contributed by atoms with Gasteiger partial charge in [0.2, 0.25) is 0 Å². The number of aliphatic hydroxyl groups is 1. The molecule has 0 spiro atoms. The average Bonchev–Trinajstić information content (AvgIpc) is 2.70. The number of hydrogen-bond acceptors (Lipinski definition) is 2. The van der Waals surface area contributed by atoms with Crippen molar-refractivity contribution in [2.24, 2.45) is 0 Å². The third-order valence-corrected chi connectivity index (χ3v) is 3.01. The molecule has 82 valence electrons. The lowest BCUT2D eigenvalue weighted by Gasteiger charge is -2.16. The average molecular weight is 205 g/mol. The number of rotatable bonds is 3. The fourth-order valence-corrected chi connectivity index (χ4v) is 2.33. The van der Waals surface area contributed by atoms with Crippen molar-refractivity contribution in [2.45, 2.75) is 38.3 Å².